The highest BCUT2D eigenvalue weighted by Gasteiger charge is 2.36. The Kier molecular flexibility index (Phi) is 6.73. The van der Waals surface area contributed by atoms with Gasteiger partial charge in [0.15, 0.2) is 0 Å². The van der Waals surface area contributed by atoms with E-state index in [1.165, 1.54) is 0 Å². The number of likely N-dealkylation sites (tertiary alicyclic amines) is 1. The van der Waals surface area contributed by atoms with Gasteiger partial charge in [0, 0.05) is 58.5 Å². The molecule has 2 heterocycles. The van der Waals surface area contributed by atoms with Crippen LogP contribution in [0.25, 0.3) is 0 Å². The van der Waals surface area contributed by atoms with Crippen LogP contribution in [0.15, 0.2) is 0 Å². The zero-order chi connectivity index (χ0) is 19.4. The molecular formula is C20H33N3O4. The van der Waals surface area contributed by atoms with Crippen LogP contribution in [0.1, 0.15) is 45.4 Å². The maximum Gasteiger partial charge on any atom is 0.303 e. The number of hydrogen-bond acceptors (Lipinski definition) is 4. The molecule has 0 aromatic rings. The summed E-state index contributed by atoms with van der Waals surface area (Å²) in [6.07, 6.45) is 5.10. The third kappa shape index (κ3) is 5.21. The predicted octanol–water partition coefficient (Wildman–Crippen LogP) is 1.28. The molecule has 3 rings (SSSR count). The summed E-state index contributed by atoms with van der Waals surface area (Å²) in [5, 5.41) is 9.26. The Balaban J connectivity index is 1.52. The van der Waals surface area contributed by atoms with Crippen LogP contribution in [0.4, 0.5) is 0 Å². The fourth-order valence-electron chi connectivity index (χ4n) is 4.65. The van der Waals surface area contributed by atoms with Crippen LogP contribution >= 0.6 is 0 Å². The number of hydrogen-bond donors (Lipinski definition) is 1. The molecule has 152 valence electrons. The van der Waals surface area contributed by atoms with E-state index in [-0.39, 0.29) is 36.0 Å². The minimum atomic E-state index is -0.737. The Morgan fingerprint density at radius 3 is 2.19 bits per heavy atom. The summed E-state index contributed by atoms with van der Waals surface area (Å²) < 4.78 is 0. The average Bonchev–Trinajstić information content (AvgIpc) is 2.59. The lowest BCUT2D eigenvalue weighted by Gasteiger charge is -2.42. The van der Waals surface area contributed by atoms with Gasteiger partial charge in [0.1, 0.15) is 0 Å². The largest absolute Gasteiger partial charge is 0.481 e. The molecule has 2 amide bonds. The molecule has 1 N–H and O–H groups in total. The minimum absolute atomic E-state index is 0.133. The van der Waals surface area contributed by atoms with Crippen molar-refractivity contribution in [1.29, 1.82) is 0 Å². The second-order valence-corrected chi connectivity index (χ2v) is 8.46. The van der Waals surface area contributed by atoms with E-state index in [0.717, 1.165) is 64.8 Å². The molecular weight excluding hydrogens is 346 g/mol. The Hall–Kier alpha value is -1.63. The molecule has 3 aliphatic rings. The number of nitrogens with zero attached hydrogens (tertiary/aromatic N) is 3. The van der Waals surface area contributed by atoms with E-state index >= 15 is 0 Å². The van der Waals surface area contributed by atoms with E-state index in [0.29, 0.717) is 13.1 Å². The van der Waals surface area contributed by atoms with E-state index in [4.69, 9.17) is 0 Å². The van der Waals surface area contributed by atoms with Crippen LogP contribution in [0, 0.1) is 17.8 Å². The summed E-state index contributed by atoms with van der Waals surface area (Å²) in [4.78, 5) is 41.6. The number of carbonyl (C=O) groups is 3. The number of rotatable bonds is 6. The van der Waals surface area contributed by atoms with Crippen molar-refractivity contribution in [2.45, 2.75) is 45.4 Å². The lowest BCUT2D eigenvalue weighted by Crippen LogP contribution is -2.50. The Bertz CT molecular complexity index is 555. The lowest BCUT2D eigenvalue weighted by molar-refractivity contribution is -0.142. The smallest absolute Gasteiger partial charge is 0.303 e. The van der Waals surface area contributed by atoms with Crippen LogP contribution in [0.2, 0.25) is 0 Å². The van der Waals surface area contributed by atoms with Gasteiger partial charge in [-0.25, -0.2) is 0 Å². The van der Waals surface area contributed by atoms with Gasteiger partial charge in [0.2, 0.25) is 11.8 Å². The first kappa shape index (κ1) is 20.1. The predicted molar refractivity (Wildman–Crippen MR) is 101 cm³/mol. The Labute approximate surface area is 161 Å². The minimum Gasteiger partial charge on any atom is -0.481 e. The summed E-state index contributed by atoms with van der Waals surface area (Å²) in [5.41, 5.74) is 0. The number of aliphatic carboxylic acids is 1. The molecule has 2 unspecified atom stereocenters. The monoisotopic (exact) mass is 379 g/mol. The van der Waals surface area contributed by atoms with Gasteiger partial charge in [-0.15, -0.1) is 0 Å². The highest BCUT2D eigenvalue weighted by Crippen LogP contribution is 2.33. The molecule has 1 aliphatic carbocycles. The van der Waals surface area contributed by atoms with Crippen molar-refractivity contribution in [3.63, 3.8) is 0 Å². The van der Waals surface area contributed by atoms with Gasteiger partial charge in [0.25, 0.3) is 0 Å². The summed E-state index contributed by atoms with van der Waals surface area (Å²) in [7, 11) is 0. The number of carboxylic acid groups (broad SMARTS) is 1. The maximum atomic E-state index is 12.6. The molecule has 7 nitrogen and oxygen atoms in total. The molecule has 27 heavy (non-hydrogen) atoms. The van der Waals surface area contributed by atoms with E-state index in [9.17, 15) is 19.5 Å². The van der Waals surface area contributed by atoms with Gasteiger partial charge in [-0.1, -0.05) is 6.42 Å². The Morgan fingerprint density at radius 1 is 0.926 bits per heavy atom. The summed E-state index contributed by atoms with van der Waals surface area (Å²) in [6.45, 7) is 7.23. The first-order valence-corrected chi connectivity index (χ1v) is 10.4. The molecule has 3 fully saturated rings. The van der Waals surface area contributed by atoms with Crippen LogP contribution in [0.5, 0.6) is 0 Å². The molecule has 7 heteroatoms. The van der Waals surface area contributed by atoms with Gasteiger partial charge in [-0.2, -0.15) is 0 Å². The number of piperazine rings is 1. The highest BCUT2D eigenvalue weighted by molar-refractivity contribution is 5.79. The fourth-order valence-corrected chi connectivity index (χ4v) is 4.65. The number of piperidine rings is 1. The summed E-state index contributed by atoms with van der Waals surface area (Å²) >= 11 is 0. The van der Waals surface area contributed by atoms with Crippen molar-refractivity contribution in [3.05, 3.63) is 0 Å². The van der Waals surface area contributed by atoms with Gasteiger partial charge in [0.05, 0.1) is 0 Å². The molecule has 0 radical (unpaired) electrons. The topological polar surface area (TPSA) is 81.2 Å². The van der Waals surface area contributed by atoms with Crippen molar-refractivity contribution in [2.75, 3.05) is 45.8 Å². The van der Waals surface area contributed by atoms with Crippen molar-refractivity contribution in [2.24, 2.45) is 17.8 Å². The normalized spacial score (nSPS) is 27.3. The van der Waals surface area contributed by atoms with Crippen LogP contribution in [0.3, 0.4) is 0 Å². The number of carbonyl (C=O) groups excluding carboxylic acids is 2. The van der Waals surface area contributed by atoms with Crippen molar-refractivity contribution in [3.8, 4) is 0 Å². The first-order chi connectivity index (χ1) is 12.9. The second-order valence-electron chi connectivity index (χ2n) is 8.46. The molecule has 2 atom stereocenters. The molecule has 1 saturated carbocycles. The number of carboxylic acids is 1. The van der Waals surface area contributed by atoms with Gasteiger partial charge >= 0.3 is 5.97 Å². The third-order valence-electron chi connectivity index (χ3n) is 6.73. The van der Waals surface area contributed by atoms with E-state index in [1.54, 1.807) is 6.92 Å². The molecule has 0 spiro atoms. The zero-order valence-corrected chi connectivity index (χ0v) is 16.4. The number of amides is 2. The van der Waals surface area contributed by atoms with E-state index < -0.39 is 5.97 Å². The van der Waals surface area contributed by atoms with Crippen LogP contribution < -0.4 is 0 Å². The van der Waals surface area contributed by atoms with Gasteiger partial charge in [-0.05, 0) is 44.1 Å². The molecule has 0 aromatic carbocycles. The van der Waals surface area contributed by atoms with Gasteiger partial charge in [-0.3, -0.25) is 19.3 Å². The first-order valence-electron chi connectivity index (χ1n) is 10.4. The lowest BCUT2D eigenvalue weighted by atomic mass is 9.79. The SMILES string of the molecule is CC(=O)N1CCN(CCC2CN(C(=O)C3CCC3)CCC2CC(=O)O)CC1. The summed E-state index contributed by atoms with van der Waals surface area (Å²) in [6, 6.07) is 0. The van der Waals surface area contributed by atoms with Gasteiger partial charge < -0.3 is 14.9 Å². The quantitative estimate of drug-likeness (QED) is 0.752. The molecule has 2 aliphatic heterocycles. The maximum absolute atomic E-state index is 12.6. The molecule has 2 saturated heterocycles. The fraction of sp³-hybridized carbons (Fsp3) is 0.850. The van der Waals surface area contributed by atoms with E-state index in [1.807, 2.05) is 9.80 Å². The van der Waals surface area contributed by atoms with Crippen molar-refractivity contribution < 1.29 is 19.5 Å². The summed E-state index contributed by atoms with van der Waals surface area (Å²) in [5.74, 6) is 0.306. The highest BCUT2D eigenvalue weighted by atomic mass is 16.4. The van der Waals surface area contributed by atoms with Crippen molar-refractivity contribution >= 4 is 17.8 Å². The van der Waals surface area contributed by atoms with Crippen molar-refractivity contribution in [1.82, 2.24) is 14.7 Å². The molecule has 0 aromatic heterocycles. The average molecular weight is 380 g/mol. The Morgan fingerprint density at radius 2 is 1.63 bits per heavy atom. The zero-order valence-electron chi connectivity index (χ0n) is 16.4. The van der Waals surface area contributed by atoms with Crippen LogP contribution in [-0.4, -0.2) is 83.4 Å². The third-order valence-corrected chi connectivity index (χ3v) is 6.73. The standard InChI is InChI=1S/C20H33N3O4/c1-15(24)22-11-9-21(10-12-22)7-5-18-14-23(20(27)16-3-2-4-16)8-6-17(18)13-19(25)26/h16-18H,2-14H2,1H3,(H,25,26). The van der Waals surface area contributed by atoms with E-state index in [2.05, 4.69) is 4.90 Å². The second kappa shape index (κ2) is 9.04. The van der Waals surface area contributed by atoms with Crippen LogP contribution in [-0.2, 0) is 14.4 Å². The molecule has 0 bridgehead atoms.